The van der Waals surface area contributed by atoms with Gasteiger partial charge in [-0.15, -0.1) is 0 Å². The quantitative estimate of drug-likeness (QED) is 0.594. The second-order valence-electron chi connectivity index (χ2n) is 7.84. The van der Waals surface area contributed by atoms with Gasteiger partial charge in [0, 0.05) is 23.8 Å². The monoisotopic (exact) mass is 304 g/mol. The molecule has 5 fully saturated rings. The Morgan fingerprint density at radius 3 is 2.23 bits per heavy atom. The number of rotatable bonds is 3. The molecule has 0 aromatic rings. The average Bonchev–Trinajstić information content (AvgIpc) is 2.88. The Morgan fingerprint density at radius 2 is 1.77 bits per heavy atom. The molecule has 1 atom stereocenters. The molecule has 4 bridgehead atoms. The number of cyclic esters (lactones) is 1. The molecule has 0 spiro atoms. The minimum Gasteiger partial charge on any atom is -0.458 e. The summed E-state index contributed by atoms with van der Waals surface area (Å²) in [5.74, 6) is 1.78. The van der Waals surface area contributed by atoms with E-state index >= 15 is 0 Å². The summed E-state index contributed by atoms with van der Waals surface area (Å²) in [6, 6.07) is 0. The van der Waals surface area contributed by atoms with Gasteiger partial charge in [0.05, 0.1) is 0 Å². The zero-order valence-corrected chi connectivity index (χ0v) is 13.2. The molecule has 0 amide bonds. The largest absolute Gasteiger partial charge is 0.458 e. The van der Waals surface area contributed by atoms with Crippen LogP contribution in [0.4, 0.5) is 0 Å². The van der Waals surface area contributed by atoms with Crippen molar-refractivity contribution in [1.29, 1.82) is 0 Å². The van der Waals surface area contributed by atoms with E-state index in [1.807, 2.05) is 0 Å². The Hall–Kier alpha value is -1.32. The van der Waals surface area contributed by atoms with Crippen molar-refractivity contribution in [2.45, 2.75) is 63.6 Å². The van der Waals surface area contributed by atoms with Gasteiger partial charge >= 0.3 is 11.9 Å². The van der Waals surface area contributed by atoms with Crippen molar-refractivity contribution in [1.82, 2.24) is 0 Å². The number of hydrogen-bond acceptors (Lipinski definition) is 4. The summed E-state index contributed by atoms with van der Waals surface area (Å²) in [5.41, 5.74) is -0.159. The number of hydrogen-bond donors (Lipinski definition) is 0. The van der Waals surface area contributed by atoms with Crippen molar-refractivity contribution in [2.75, 3.05) is 0 Å². The summed E-state index contributed by atoms with van der Waals surface area (Å²) in [7, 11) is 0. The maximum atomic E-state index is 12.3. The molecule has 4 aliphatic carbocycles. The molecule has 1 unspecified atom stereocenters. The molecule has 5 aliphatic rings. The smallest absolute Gasteiger partial charge is 0.333 e. The lowest BCUT2D eigenvalue weighted by Crippen LogP contribution is -2.65. The minimum atomic E-state index is -0.588. The van der Waals surface area contributed by atoms with Gasteiger partial charge in [0.15, 0.2) is 5.60 Å². The molecule has 0 radical (unpaired) electrons. The van der Waals surface area contributed by atoms with Gasteiger partial charge in [-0.05, 0) is 57.3 Å². The Balaban J connectivity index is 1.70. The van der Waals surface area contributed by atoms with Crippen molar-refractivity contribution in [3.05, 3.63) is 12.2 Å². The highest BCUT2D eigenvalue weighted by Crippen LogP contribution is 2.62. The molecule has 22 heavy (non-hydrogen) atoms. The van der Waals surface area contributed by atoms with Gasteiger partial charge in [-0.3, -0.25) is 4.79 Å². The lowest BCUT2D eigenvalue weighted by Gasteiger charge is -2.61. The third kappa shape index (κ3) is 1.95. The van der Waals surface area contributed by atoms with Crippen LogP contribution in [0.2, 0.25) is 0 Å². The molecule has 0 aromatic heterocycles. The predicted molar refractivity (Wildman–Crippen MR) is 79.8 cm³/mol. The lowest BCUT2D eigenvalue weighted by atomic mass is 9.48. The van der Waals surface area contributed by atoms with Crippen molar-refractivity contribution in [2.24, 2.45) is 23.7 Å². The number of ether oxygens (including phenoxy) is 2. The molecule has 0 aromatic carbocycles. The van der Waals surface area contributed by atoms with E-state index in [0.29, 0.717) is 30.3 Å². The standard InChI is InChI=1S/C18H24O4/c1-10(2)17(20)22-18(15-3-4-16(19)21-15)13-6-11-5-12(8-13)9-14(18)7-11/h11-15H,1,3-9H2,2H3. The van der Waals surface area contributed by atoms with Gasteiger partial charge in [0.1, 0.15) is 6.10 Å². The van der Waals surface area contributed by atoms with E-state index in [1.54, 1.807) is 6.92 Å². The van der Waals surface area contributed by atoms with Crippen molar-refractivity contribution in [3.8, 4) is 0 Å². The Kier molecular flexibility index (Phi) is 3.14. The molecule has 4 saturated carbocycles. The van der Waals surface area contributed by atoms with Crippen LogP contribution in [0.1, 0.15) is 51.9 Å². The number of esters is 2. The van der Waals surface area contributed by atoms with Crippen LogP contribution in [-0.2, 0) is 19.1 Å². The third-order valence-corrected chi connectivity index (χ3v) is 6.42. The normalized spacial score (nSPS) is 45.7. The maximum Gasteiger partial charge on any atom is 0.333 e. The molecule has 4 heteroatoms. The third-order valence-electron chi connectivity index (χ3n) is 6.42. The lowest BCUT2D eigenvalue weighted by molar-refractivity contribution is -0.239. The predicted octanol–water partition coefficient (Wildman–Crippen LogP) is 3.01. The highest BCUT2D eigenvalue weighted by Gasteiger charge is 2.64. The van der Waals surface area contributed by atoms with Crippen molar-refractivity contribution in [3.63, 3.8) is 0 Å². The SMILES string of the molecule is C=C(C)C(=O)OC1(C2CCC(=O)O2)C2CC3CC(C2)CC1C3. The number of carbonyl (C=O) groups is 2. The molecular weight excluding hydrogens is 280 g/mol. The van der Waals surface area contributed by atoms with E-state index in [4.69, 9.17) is 9.47 Å². The van der Waals surface area contributed by atoms with E-state index in [9.17, 15) is 9.59 Å². The van der Waals surface area contributed by atoms with Gasteiger partial charge < -0.3 is 9.47 Å². The zero-order valence-electron chi connectivity index (χ0n) is 13.2. The summed E-state index contributed by atoms with van der Waals surface area (Å²) in [6.07, 6.45) is 6.68. The molecule has 1 aliphatic heterocycles. The Morgan fingerprint density at radius 1 is 1.18 bits per heavy atom. The second kappa shape index (κ2) is 4.84. The van der Waals surface area contributed by atoms with Crippen molar-refractivity contribution < 1.29 is 19.1 Å². The topological polar surface area (TPSA) is 52.6 Å². The summed E-state index contributed by atoms with van der Waals surface area (Å²) < 4.78 is 11.7. The van der Waals surface area contributed by atoms with Crippen LogP contribution in [0.25, 0.3) is 0 Å². The van der Waals surface area contributed by atoms with Crippen molar-refractivity contribution >= 4 is 11.9 Å². The molecular formula is C18H24O4. The first kappa shape index (κ1) is 14.3. The van der Waals surface area contributed by atoms with Crippen LogP contribution in [-0.4, -0.2) is 23.6 Å². The van der Waals surface area contributed by atoms with E-state index in [-0.39, 0.29) is 18.0 Å². The summed E-state index contributed by atoms with van der Waals surface area (Å²) in [4.78, 5) is 24.0. The van der Waals surface area contributed by atoms with Crippen LogP contribution in [0.5, 0.6) is 0 Å². The Labute approximate surface area is 131 Å². The van der Waals surface area contributed by atoms with Gasteiger partial charge in [0.2, 0.25) is 0 Å². The zero-order chi connectivity index (χ0) is 15.5. The number of carbonyl (C=O) groups excluding carboxylic acids is 2. The molecule has 5 rings (SSSR count). The highest BCUT2D eigenvalue weighted by atomic mass is 16.6. The molecule has 1 heterocycles. The molecule has 1 saturated heterocycles. The summed E-state index contributed by atoms with van der Waals surface area (Å²) in [6.45, 7) is 5.42. The van der Waals surface area contributed by atoms with Gasteiger partial charge in [0.25, 0.3) is 0 Å². The Bertz CT molecular complexity index is 507. The van der Waals surface area contributed by atoms with Crippen LogP contribution in [0.15, 0.2) is 12.2 Å². The fourth-order valence-corrected chi connectivity index (χ4v) is 5.77. The van der Waals surface area contributed by atoms with Gasteiger partial charge in [-0.2, -0.15) is 0 Å². The van der Waals surface area contributed by atoms with Crippen LogP contribution < -0.4 is 0 Å². The molecule has 120 valence electrons. The van der Waals surface area contributed by atoms with Crippen LogP contribution in [0.3, 0.4) is 0 Å². The fourth-order valence-electron chi connectivity index (χ4n) is 5.77. The van der Waals surface area contributed by atoms with Gasteiger partial charge in [-0.1, -0.05) is 6.58 Å². The van der Waals surface area contributed by atoms with E-state index in [2.05, 4.69) is 6.58 Å². The minimum absolute atomic E-state index is 0.149. The summed E-state index contributed by atoms with van der Waals surface area (Å²) >= 11 is 0. The first-order valence-corrected chi connectivity index (χ1v) is 8.57. The first-order chi connectivity index (χ1) is 10.5. The maximum absolute atomic E-state index is 12.3. The molecule has 0 N–H and O–H groups in total. The average molecular weight is 304 g/mol. The first-order valence-electron chi connectivity index (χ1n) is 8.57. The fraction of sp³-hybridized carbons (Fsp3) is 0.778. The van der Waals surface area contributed by atoms with E-state index < -0.39 is 5.60 Å². The summed E-state index contributed by atoms with van der Waals surface area (Å²) in [5, 5.41) is 0. The van der Waals surface area contributed by atoms with Crippen LogP contribution in [0, 0.1) is 23.7 Å². The highest BCUT2D eigenvalue weighted by molar-refractivity contribution is 5.87. The second-order valence-corrected chi connectivity index (χ2v) is 7.84. The molecule has 4 nitrogen and oxygen atoms in total. The van der Waals surface area contributed by atoms with E-state index in [0.717, 1.165) is 37.5 Å². The van der Waals surface area contributed by atoms with Gasteiger partial charge in [-0.25, -0.2) is 4.79 Å². The van der Waals surface area contributed by atoms with Crippen LogP contribution >= 0.6 is 0 Å². The van der Waals surface area contributed by atoms with E-state index in [1.165, 1.54) is 6.42 Å².